The second kappa shape index (κ2) is 5.69. The predicted molar refractivity (Wildman–Crippen MR) is 74.8 cm³/mol. The van der Waals surface area contributed by atoms with Crippen LogP contribution in [-0.2, 0) is 11.8 Å². The van der Waals surface area contributed by atoms with Crippen molar-refractivity contribution in [3.8, 4) is 0 Å². The Morgan fingerprint density at radius 1 is 1.18 bits per heavy atom. The van der Waals surface area contributed by atoms with Crippen LogP contribution in [0.2, 0.25) is 5.28 Å². The minimum atomic E-state index is -4.50. The highest BCUT2D eigenvalue weighted by molar-refractivity contribution is 6.28. The molecule has 0 fully saturated rings. The average molecular weight is 333 g/mol. The first-order chi connectivity index (χ1) is 10.1. The Kier molecular flexibility index (Phi) is 4.25. The van der Waals surface area contributed by atoms with Gasteiger partial charge in [-0.15, -0.1) is 0 Å². The Bertz CT molecular complexity index is 686. The van der Waals surface area contributed by atoms with Crippen LogP contribution in [-0.4, -0.2) is 20.1 Å². The number of halogens is 4. The van der Waals surface area contributed by atoms with Gasteiger partial charge < -0.3 is 10.4 Å². The number of nitrogens with one attached hydrogen (secondary N) is 1. The normalized spacial score (nSPS) is 12.3. The molecule has 0 aliphatic heterocycles. The molecule has 118 valence electrons. The first kappa shape index (κ1) is 16.4. The van der Waals surface area contributed by atoms with Gasteiger partial charge in [0, 0.05) is 11.3 Å². The van der Waals surface area contributed by atoms with Crippen LogP contribution in [0.1, 0.15) is 25.0 Å². The minimum Gasteiger partial charge on any atom is -0.386 e. The topological polar surface area (TPSA) is 70.9 Å². The summed E-state index contributed by atoms with van der Waals surface area (Å²) in [6.45, 7) is 2.77. The Labute approximate surface area is 129 Å². The Morgan fingerprint density at radius 3 is 2.41 bits per heavy atom. The zero-order valence-corrected chi connectivity index (χ0v) is 12.4. The number of alkyl halides is 3. The van der Waals surface area contributed by atoms with Crippen LogP contribution >= 0.6 is 11.6 Å². The predicted octanol–water partition coefficient (Wildman–Crippen LogP) is 3.51. The minimum absolute atomic E-state index is 0.0545. The number of anilines is 2. The fraction of sp³-hybridized carbons (Fsp3) is 0.308. The fourth-order valence-corrected chi connectivity index (χ4v) is 1.92. The van der Waals surface area contributed by atoms with Gasteiger partial charge in [-0.05, 0) is 43.6 Å². The van der Waals surface area contributed by atoms with Crippen LogP contribution in [0.4, 0.5) is 24.8 Å². The number of aromatic nitrogens is 3. The fourth-order valence-electron chi connectivity index (χ4n) is 1.79. The Hall–Kier alpha value is -1.93. The summed E-state index contributed by atoms with van der Waals surface area (Å²) < 4.78 is 38.4. The zero-order valence-electron chi connectivity index (χ0n) is 11.6. The van der Waals surface area contributed by atoms with Crippen LogP contribution in [0, 0.1) is 0 Å². The quantitative estimate of drug-likeness (QED) is 0.900. The summed E-state index contributed by atoms with van der Waals surface area (Å²) in [5.41, 5.74) is -2.06. The maximum Gasteiger partial charge on any atom is 0.416 e. The molecule has 22 heavy (non-hydrogen) atoms. The zero-order chi connectivity index (χ0) is 16.5. The molecule has 0 unspecified atom stereocenters. The molecule has 0 atom stereocenters. The van der Waals surface area contributed by atoms with E-state index in [4.69, 9.17) is 11.6 Å². The van der Waals surface area contributed by atoms with Crippen molar-refractivity contribution >= 4 is 23.2 Å². The van der Waals surface area contributed by atoms with E-state index in [1.54, 1.807) is 0 Å². The number of rotatable bonds is 3. The van der Waals surface area contributed by atoms with Crippen molar-refractivity contribution in [1.82, 2.24) is 15.0 Å². The lowest BCUT2D eigenvalue weighted by atomic mass is 9.94. The highest BCUT2D eigenvalue weighted by Gasteiger charge is 2.33. The highest BCUT2D eigenvalue weighted by Crippen LogP contribution is 2.36. The van der Waals surface area contributed by atoms with E-state index in [2.05, 4.69) is 20.3 Å². The van der Waals surface area contributed by atoms with E-state index in [9.17, 15) is 18.3 Å². The van der Waals surface area contributed by atoms with Crippen molar-refractivity contribution in [2.24, 2.45) is 0 Å². The number of benzene rings is 1. The van der Waals surface area contributed by atoms with Crippen LogP contribution in [0.3, 0.4) is 0 Å². The molecule has 5 nitrogen and oxygen atoms in total. The summed E-state index contributed by atoms with van der Waals surface area (Å²) in [7, 11) is 0. The molecule has 2 rings (SSSR count). The molecule has 1 heterocycles. The number of hydrogen-bond donors (Lipinski definition) is 2. The second-order valence-corrected chi connectivity index (χ2v) is 5.36. The van der Waals surface area contributed by atoms with Gasteiger partial charge >= 0.3 is 6.18 Å². The molecular weight excluding hydrogens is 321 g/mol. The lowest BCUT2D eigenvalue weighted by molar-refractivity contribution is -0.137. The smallest absolute Gasteiger partial charge is 0.386 e. The SMILES string of the molecule is CC(C)(O)c1cc(C(F)(F)F)ccc1Nc1ncnc(Cl)n1. The summed E-state index contributed by atoms with van der Waals surface area (Å²) in [6, 6.07) is 2.99. The number of aliphatic hydroxyl groups is 1. The molecule has 2 N–H and O–H groups in total. The van der Waals surface area contributed by atoms with E-state index in [0.717, 1.165) is 18.5 Å². The average Bonchev–Trinajstić information content (AvgIpc) is 2.36. The number of nitrogens with zero attached hydrogens (tertiary/aromatic N) is 3. The van der Waals surface area contributed by atoms with Gasteiger partial charge in [-0.2, -0.15) is 18.2 Å². The van der Waals surface area contributed by atoms with Gasteiger partial charge in [0.2, 0.25) is 11.2 Å². The molecule has 1 aromatic carbocycles. The largest absolute Gasteiger partial charge is 0.416 e. The summed E-state index contributed by atoms with van der Waals surface area (Å²) in [5, 5.41) is 12.8. The van der Waals surface area contributed by atoms with Gasteiger partial charge in [0.05, 0.1) is 11.2 Å². The molecule has 2 aromatic rings. The third kappa shape index (κ3) is 3.83. The lowest BCUT2D eigenvalue weighted by Crippen LogP contribution is -2.19. The first-order valence-corrected chi connectivity index (χ1v) is 6.51. The molecule has 0 saturated heterocycles. The highest BCUT2D eigenvalue weighted by atomic mass is 35.5. The van der Waals surface area contributed by atoms with Gasteiger partial charge in [0.25, 0.3) is 0 Å². The molecule has 9 heteroatoms. The summed E-state index contributed by atoms with van der Waals surface area (Å²) >= 11 is 5.63. The first-order valence-electron chi connectivity index (χ1n) is 6.13. The molecule has 0 aliphatic rings. The molecule has 0 spiro atoms. The third-order valence-electron chi connectivity index (χ3n) is 2.79. The van der Waals surface area contributed by atoms with Crippen LogP contribution in [0.25, 0.3) is 0 Å². The van der Waals surface area contributed by atoms with Crippen molar-refractivity contribution in [2.45, 2.75) is 25.6 Å². The van der Waals surface area contributed by atoms with Gasteiger partial charge in [-0.3, -0.25) is 0 Å². The monoisotopic (exact) mass is 332 g/mol. The Balaban J connectivity index is 2.47. The standard InChI is InChI=1S/C13H12ClF3N4O/c1-12(2,22)8-5-7(13(15,16)17)3-4-9(8)20-11-19-6-18-10(14)21-11/h3-6,22H,1-2H3,(H,18,19,20,21). The second-order valence-electron chi connectivity index (χ2n) is 5.02. The van der Waals surface area contributed by atoms with Gasteiger partial charge in [0.1, 0.15) is 6.33 Å². The van der Waals surface area contributed by atoms with E-state index in [1.807, 2.05) is 0 Å². The van der Waals surface area contributed by atoms with Gasteiger partial charge in [0.15, 0.2) is 0 Å². The van der Waals surface area contributed by atoms with Crippen molar-refractivity contribution in [3.05, 3.63) is 40.9 Å². The van der Waals surface area contributed by atoms with E-state index in [-0.39, 0.29) is 22.5 Å². The maximum atomic E-state index is 12.8. The van der Waals surface area contributed by atoms with Crippen LogP contribution in [0.15, 0.2) is 24.5 Å². The van der Waals surface area contributed by atoms with E-state index in [1.165, 1.54) is 19.9 Å². The van der Waals surface area contributed by atoms with Crippen molar-refractivity contribution in [1.29, 1.82) is 0 Å². The number of hydrogen-bond acceptors (Lipinski definition) is 5. The van der Waals surface area contributed by atoms with Crippen molar-refractivity contribution < 1.29 is 18.3 Å². The van der Waals surface area contributed by atoms with Crippen LogP contribution < -0.4 is 5.32 Å². The molecule has 1 aromatic heterocycles. The van der Waals surface area contributed by atoms with E-state index in [0.29, 0.717) is 0 Å². The lowest BCUT2D eigenvalue weighted by Gasteiger charge is -2.23. The summed E-state index contributed by atoms with van der Waals surface area (Å²) in [4.78, 5) is 11.2. The molecular formula is C13H12ClF3N4O. The molecule has 0 saturated carbocycles. The van der Waals surface area contributed by atoms with Crippen molar-refractivity contribution in [2.75, 3.05) is 5.32 Å². The van der Waals surface area contributed by atoms with Gasteiger partial charge in [-0.1, -0.05) is 0 Å². The summed E-state index contributed by atoms with van der Waals surface area (Å²) in [5.74, 6) is 0.0604. The van der Waals surface area contributed by atoms with Gasteiger partial charge in [-0.25, -0.2) is 9.97 Å². The molecule has 0 aliphatic carbocycles. The van der Waals surface area contributed by atoms with E-state index < -0.39 is 17.3 Å². The Morgan fingerprint density at radius 2 is 1.86 bits per heavy atom. The van der Waals surface area contributed by atoms with Crippen LogP contribution in [0.5, 0.6) is 0 Å². The molecule has 0 amide bonds. The third-order valence-corrected chi connectivity index (χ3v) is 2.98. The maximum absolute atomic E-state index is 12.8. The molecule has 0 radical (unpaired) electrons. The van der Waals surface area contributed by atoms with Crippen molar-refractivity contribution in [3.63, 3.8) is 0 Å². The van der Waals surface area contributed by atoms with E-state index >= 15 is 0 Å². The molecule has 0 bridgehead atoms. The summed E-state index contributed by atoms with van der Waals surface area (Å²) in [6.07, 6.45) is -3.35.